The highest BCUT2D eigenvalue weighted by Crippen LogP contribution is 2.33. The number of carbonyl (C=O) groups is 4. The molecule has 1 fully saturated rings. The van der Waals surface area contributed by atoms with Crippen LogP contribution in [0.1, 0.15) is 52.0 Å². The number of imide groups is 2. The minimum absolute atomic E-state index is 0.0828. The van der Waals surface area contributed by atoms with Crippen LogP contribution < -0.4 is 10.1 Å². The van der Waals surface area contributed by atoms with Gasteiger partial charge in [0.15, 0.2) is 0 Å². The lowest BCUT2D eigenvalue weighted by Gasteiger charge is -2.27. The van der Waals surface area contributed by atoms with Gasteiger partial charge in [0.25, 0.3) is 11.8 Å². The summed E-state index contributed by atoms with van der Waals surface area (Å²) < 4.78 is 11.5. The summed E-state index contributed by atoms with van der Waals surface area (Å²) in [7, 11) is 0. The number of piperidine rings is 1. The highest BCUT2D eigenvalue weighted by atomic mass is 16.5. The van der Waals surface area contributed by atoms with Gasteiger partial charge in [-0.3, -0.25) is 29.4 Å². The molecular formula is C24H24N2O6. The number of hydrogen-bond donors (Lipinski definition) is 1. The summed E-state index contributed by atoms with van der Waals surface area (Å²) in [6, 6.07) is 13.8. The topological polar surface area (TPSA) is 102 Å². The predicted octanol–water partition coefficient (Wildman–Crippen LogP) is 2.46. The fraction of sp³-hybridized carbons (Fsp3) is 0.333. The molecule has 166 valence electrons. The third-order valence-electron chi connectivity index (χ3n) is 5.48. The van der Waals surface area contributed by atoms with E-state index in [1.165, 1.54) is 0 Å². The van der Waals surface area contributed by atoms with Crippen LogP contribution in [0.3, 0.4) is 0 Å². The van der Waals surface area contributed by atoms with E-state index in [0.717, 1.165) is 23.3 Å². The van der Waals surface area contributed by atoms with Crippen LogP contribution in [0.5, 0.6) is 5.75 Å². The van der Waals surface area contributed by atoms with Crippen molar-refractivity contribution < 1.29 is 28.7 Å². The minimum atomic E-state index is -0.991. The molecule has 0 unspecified atom stereocenters. The fourth-order valence-electron chi connectivity index (χ4n) is 3.86. The van der Waals surface area contributed by atoms with Gasteiger partial charge in [0, 0.05) is 13.0 Å². The molecule has 8 heteroatoms. The Morgan fingerprint density at radius 2 is 1.69 bits per heavy atom. The molecule has 4 rings (SSSR count). The molecule has 0 bridgehead atoms. The molecule has 2 heterocycles. The van der Waals surface area contributed by atoms with Gasteiger partial charge in [0.1, 0.15) is 11.8 Å². The van der Waals surface area contributed by atoms with Crippen molar-refractivity contribution in [2.75, 3.05) is 13.2 Å². The Labute approximate surface area is 185 Å². The molecule has 2 aliphatic heterocycles. The number of nitrogens with zero attached hydrogens (tertiary/aromatic N) is 1. The lowest BCUT2D eigenvalue weighted by molar-refractivity contribution is -0.136. The average molecular weight is 436 g/mol. The maximum Gasteiger partial charge on any atom is 0.266 e. The number of benzene rings is 2. The Morgan fingerprint density at radius 3 is 2.47 bits per heavy atom. The zero-order valence-corrected chi connectivity index (χ0v) is 17.5. The number of amides is 4. The van der Waals surface area contributed by atoms with Gasteiger partial charge in [-0.15, -0.1) is 0 Å². The summed E-state index contributed by atoms with van der Waals surface area (Å²) in [5.74, 6) is -1.82. The van der Waals surface area contributed by atoms with Crippen molar-refractivity contribution >= 4 is 23.6 Å². The van der Waals surface area contributed by atoms with Crippen molar-refractivity contribution in [1.82, 2.24) is 10.2 Å². The van der Waals surface area contributed by atoms with E-state index in [1.807, 2.05) is 30.3 Å². The third-order valence-corrected chi connectivity index (χ3v) is 5.48. The van der Waals surface area contributed by atoms with E-state index in [0.29, 0.717) is 25.6 Å². The quantitative estimate of drug-likeness (QED) is 0.479. The summed E-state index contributed by atoms with van der Waals surface area (Å²) >= 11 is 0. The summed E-state index contributed by atoms with van der Waals surface area (Å²) in [5, 5.41) is 2.19. The van der Waals surface area contributed by atoms with Gasteiger partial charge in [-0.25, -0.2) is 0 Å². The zero-order chi connectivity index (χ0) is 22.5. The van der Waals surface area contributed by atoms with E-state index in [1.54, 1.807) is 18.2 Å². The van der Waals surface area contributed by atoms with Crippen molar-refractivity contribution in [3.63, 3.8) is 0 Å². The normalized spacial score (nSPS) is 18.0. The number of nitrogens with one attached hydrogen (secondary N) is 1. The maximum absolute atomic E-state index is 13.0. The van der Waals surface area contributed by atoms with Crippen LogP contribution in [0.4, 0.5) is 0 Å². The van der Waals surface area contributed by atoms with Gasteiger partial charge in [0.05, 0.1) is 24.3 Å². The summed E-state index contributed by atoms with van der Waals surface area (Å²) in [6.45, 7) is 1.51. The van der Waals surface area contributed by atoms with Crippen molar-refractivity contribution in [3.05, 3.63) is 65.2 Å². The van der Waals surface area contributed by atoms with Crippen LogP contribution in [0.2, 0.25) is 0 Å². The predicted molar refractivity (Wildman–Crippen MR) is 114 cm³/mol. The monoisotopic (exact) mass is 436 g/mol. The zero-order valence-electron chi connectivity index (χ0n) is 17.5. The second kappa shape index (κ2) is 9.74. The molecule has 0 radical (unpaired) electrons. The molecule has 2 aliphatic rings. The van der Waals surface area contributed by atoms with Crippen LogP contribution >= 0.6 is 0 Å². The van der Waals surface area contributed by atoms with Crippen molar-refractivity contribution in [3.8, 4) is 5.75 Å². The van der Waals surface area contributed by atoms with Crippen molar-refractivity contribution in [1.29, 1.82) is 0 Å². The van der Waals surface area contributed by atoms with E-state index in [-0.39, 0.29) is 24.0 Å². The first-order chi connectivity index (χ1) is 15.6. The SMILES string of the molecule is O=C1CC[C@H](N2C(=O)c3cccc(OCCCCOCc4ccccc4)c3C2=O)C(=O)N1. The van der Waals surface area contributed by atoms with Gasteiger partial charge >= 0.3 is 0 Å². The molecule has 0 saturated carbocycles. The minimum Gasteiger partial charge on any atom is -0.493 e. The first kappa shape index (κ1) is 21.7. The Morgan fingerprint density at radius 1 is 0.906 bits per heavy atom. The molecule has 2 aromatic carbocycles. The summed E-state index contributed by atoms with van der Waals surface area (Å²) in [6.07, 6.45) is 1.71. The molecule has 1 saturated heterocycles. The van der Waals surface area contributed by atoms with Crippen LogP contribution in [0.25, 0.3) is 0 Å². The summed E-state index contributed by atoms with van der Waals surface area (Å²) in [4.78, 5) is 50.4. The van der Waals surface area contributed by atoms with Gasteiger partial charge in [0.2, 0.25) is 11.8 Å². The van der Waals surface area contributed by atoms with Gasteiger partial charge in [-0.1, -0.05) is 36.4 Å². The van der Waals surface area contributed by atoms with Gasteiger partial charge in [-0.2, -0.15) is 0 Å². The van der Waals surface area contributed by atoms with E-state index in [4.69, 9.17) is 9.47 Å². The smallest absolute Gasteiger partial charge is 0.266 e. The number of hydrogen-bond acceptors (Lipinski definition) is 6. The highest BCUT2D eigenvalue weighted by molar-refractivity contribution is 6.24. The third kappa shape index (κ3) is 4.55. The number of rotatable bonds is 9. The number of unbranched alkanes of at least 4 members (excludes halogenated alkanes) is 1. The Kier molecular flexibility index (Phi) is 6.61. The Balaban J connectivity index is 1.31. The Hall–Kier alpha value is -3.52. The van der Waals surface area contributed by atoms with E-state index in [9.17, 15) is 19.2 Å². The number of fused-ring (bicyclic) bond motifs is 1. The van der Waals surface area contributed by atoms with Crippen LogP contribution in [-0.4, -0.2) is 47.8 Å². The standard InChI is InChI=1S/C24H24N2O6/c27-20-12-11-18(22(28)25-20)26-23(29)17-9-6-10-19(21(17)24(26)30)32-14-5-4-13-31-15-16-7-2-1-3-8-16/h1-3,6-10,18H,4-5,11-15H2,(H,25,27,28)/t18-/m0/s1. The lowest BCUT2D eigenvalue weighted by atomic mass is 10.0. The maximum atomic E-state index is 13.0. The van der Waals surface area contributed by atoms with E-state index < -0.39 is 29.7 Å². The molecule has 8 nitrogen and oxygen atoms in total. The number of carbonyl (C=O) groups excluding carboxylic acids is 4. The van der Waals surface area contributed by atoms with E-state index >= 15 is 0 Å². The molecule has 1 N–H and O–H groups in total. The molecule has 0 aromatic heterocycles. The molecule has 32 heavy (non-hydrogen) atoms. The highest BCUT2D eigenvalue weighted by Gasteiger charge is 2.45. The molecule has 0 aliphatic carbocycles. The first-order valence-electron chi connectivity index (χ1n) is 10.7. The van der Waals surface area contributed by atoms with Crippen LogP contribution in [0, 0.1) is 0 Å². The Bertz CT molecular complexity index is 1040. The van der Waals surface area contributed by atoms with Crippen LogP contribution in [-0.2, 0) is 20.9 Å². The molecular weight excluding hydrogens is 412 g/mol. The summed E-state index contributed by atoms with van der Waals surface area (Å²) in [5.41, 5.74) is 1.50. The van der Waals surface area contributed by atoms with E-state index in [2.05, 4.69) is 5.32 Å². The van der Waals surface area contributed by atoms with Gasteiger partial charge < -0.3 is 9.47 Å². The fourth-order valence-corrected chi connectivity index (χ4v) is 3.86. The molecule has 1 atom stereocenters. The van der Waals surface area contributed by atoms with Crippen molar-refractivity contribution in [2.45, 2.75) is 38.3 Å². The molecule has 0 spiro atoms. The molecule has 2 aromatic rings. The largest absolute Gasteiger partial charge is 0.493 e. The second-order valence-electron chi connectivity index (χ2n) is 7.72. The number of ether oxygens (including phenoxy) is 2. The average Bonchev–Trinajstić information content (AvgIpc) is 3.05. The first-order valence-corrected chi connectivity index (χ1v) is 10.7. The van der Waals surface area contributed by atoms with Crippen molar-refractivity contribution in [2.24, 2.45) is 0 Å². The lowest BCUT2D eigenvalue weighted by Crippen LogP contribution is -2.54. The second-order valence-corrected chi connectivity index (χ2v) is 7.72. The molecule has 4 amide bonds. The van der Waals surface area contributed by atoms with Gasteiger partial charge in [-0.05, 0) is 37.0 Å². The van der Waals surface area contributed by atoms with Crippen LogP contribution in [0.15, 0.2) is 48.5 Å².